The number of likely N-dealkylation sites (tertiary alicyclic amines) is 1. The molecule has 1 atom stereocenters. The van der Waals surface area contributed by atoms with Crippen molar-refractivity contribution >= 4 is 11.6 Å². The number of rotatable bonds is 7. The molecule has 0 bridgehead atoms. The van der Waals surface area contributed by atoms with Crippen LogP contribution in [0.3, 0.4) is 0 Å². The first kappa shape index (κ1) is 18.4. The van der Waals surface area contributed by atoms with Gasteiger partial charge in [-0.1, -0.05) is 37.3 Å². The van der Waals surface area contributed by atoms with E-state index in [-0.39, 0.29) is 11.3 Å². The number of nitrogens with one attached hydrogen (secondary N) is 1. The van der Waals surface area contributed by atoms with Gasteiger partial charge in [-0.2, -0.15) is 0 Å². The monoisotopic (exact) mass is 353 g/mol. The number of anilines is 1. The molecule has 1 unspecified atom stereocenters. The molecule has 138 valence electrons. The van der Waals surface area contributed by atoms with E-state index in [4.69, 9.17) is 10.5 Å². The van der Waals surface area contributed by atoms with Crippen molar-refractivity contribution in [1.82, 2.24) is 4.90 Å². The predicted molar refractivity (Wildman–Crippen MR) is 104 cm³/mol. The molecule has 5 heteroatoms. The van der Waals surface area contributed by atoms with Crippen molar-refractivity contribution in [2.75, 3.05) is 31.5 Å². The van der Waals surface area contributed by atoms with Gasteiger partial charge in [0, 0.05) is 12.2 Å². The smallest absolute Gasteiger partial charge is 0.238 e. The molecule has 1 fully saturated rings. The summed E-state index contributed by atoms with van der Waals surface area (Å²) in [5.74, 6) is 0.786. The van der Waals surface area contributed by atoms with Gasteiger partial charge in [0.15, 0.2) is 0 Å². The van der Waals surface area contributed by atoms with Crippen molar-refractivity contribution in [3.8, 4) is 5.75 Å². The van der Waals surface area contributed by atoms with E-state index in [0.29, 0.717) is 19.7 Å². The minimum Gasteiger partial charge on any atom is -0.489 e. The molecule has 0 aliphatic carbocycles. The molecule has 1 heterocycles. The second-order valence-corrected chi connectivity index (χ2v) is 7.32. The van der Waals surface area contributed by atoms with Gasteiger partial charge in [-0.15, -0.1) is 0 Å². The van der Waals surface area contributed by atoms with E-state index in [2.05, 4.69) is 17.1 Å². The quantitative estimate of drug-likeness (QED) is 0.803. The summed E-state index contributed by atoms with van der Waals surface area (Å²) in [7, 11) is 0. The van der Waals surface area contributed by atoms with Gasteiger partial charge in [0.25, 0.3) is 0 Å². The molecular formula is C21H27N3O2. The van der Waals surface area contributed by atoms with Crippen LogP contribution < -0.4 is 15.8 Å². The lowest BCUT2D eigenvalue weighted by molar-refractivity contribution is -0.117. The first-order valence-electron chi connectivity index (χ1n) is 9.05. The van der Waals surface area contributed by atoms with Crippen molar-refractivity contribution in [1.29, 1.82) is 0 Å². The molecule has 26 heavy (non-hydrogen) atoms. The maximum Gasteiger partial charge on any atom is 0.238 e. The van der Waals surface area contributed by atoms with Crippen molar-refractivity contribution in [3.63, 3.8) is 0 Å². The van der Waals surface area contributed by atoms with Gasteiger partial charge in [0.2, 0.25) is 5.91 Å². The number of carbonyl (C=O) groups is 1. The number of nitrogens with zero attached hydrogens (tertiary/aromatic N) is 1. The molecule has 3 N–H and O–H groups in total. The number of carbonyl (C=O) groups excluding carboxylic acids is 1. The summed E-state index contributed by atoms with van der Waals surface area (Å²) in [4.78, 5) is 14.4. The Hall–Kier alpha value is -2.37. The van der Waals surface area contributed by atoms with Gasteiger partial charge in [-0.25, -0.2) is 0 Å². The first-order chi connectivity index (χ1) is 12.6. The Morgan fingerprint density at radius 2 is 1.92 bits per heavy atom. The number of ether oxygens (including phenoxy) is 1. The summed E-state index contributed by atoms with van der Waals surface area (Å²) in [6.07, 6.45) is 1.05. The van der Waals surface area contributed by atoms with Crippen LogP contribution in [0.25, 0.3) is 0 Å². The fourth-order valence-electron chi connectivity index (χ4n) is 3.21. The van der Waals surface area contributed by atoms with Crippen LogP contribution >= 0.6 is 0 Å². The normalized spacial score (nSPS) is 20.1. The van der Waals surface area contributed by atoms with E-state index >= 15 is 0 Å². The molecule has 3 rings (SSSR count). The van der Waals surface area contributed by atoms with Crippen LogP contribution in [0.2, 0.25) is 0 Å². The third-order valence-corrected chi connectivity index (χ3v) is 4.88. The van der Waals surface area contributed by atoms with Crippen LogP contribution in [0.5, 0.6) is 5.75 Å². The average molecular weight is 353 g/mol. The second-order valence-electron chi connectivity index (χ2n) is 7.32. The Bertz CT molecular complexity index is 718. The van der Waals surface area contributed by atoms with Crippen LogP contribution in [-0.2, 0) is 11.4 Å². The third-order valence-electron chi connectivity index (χ3n) is 4.88. The van der Waals surface area contributed by atoms with Crippen LogP contribution in [0.4, 0.5) is 5.69 Å². The SMILES string of the molecule is CC1(CN)CCN(CC(=O)Nc2ccc(OCc3ccccc3)cc2)C1. The van der Waals surface area contributed by atoms with Crippen molar-refractivity contribution in [2.45, 2.75) is 20.0 Å². The lowest BCUT2D eigenvalue weighted by atomic mass is 9.90. The summed E-state index contributed by atoms with van der Waals surface area (Å²) < 4.78 is 5.76. The Labute approximate surface area is 155 Å². The van der Waals surface area contributed by atoms with E-state index < -0.39 is 0 Å². The zero-order valence-electron chi connectivity index (χ0n) is 15.3. The molecular weight excluding hydrogens is 326 g/mol. The number of benzene rings is 2. The Kier molecular flexibility index (Phi) is 5.91. The fraction of sp³-hybridized carbons (Fsp3) is 0.381. The topological polar surface area (TPSA) is 67.6 Å². The molecule has 1 saturated heterocycles. The Balaban J connectivity index is 1.46. The van der Waals surface area contributed by atoms with Gasteiger partial charge in [0.1, 0.15) is 12.4 Å². The minimum atomic E-state index is 0.00391. The summed E-state index contributed by atoms with van der Waals surface area (Å²) in [5.41, 5.74) is 7.86. The van der Waals surface area contributed by atoms with E-state index in [1.165, 1.54) is 0 Å². The van der Waals surface area contributed by atoms with Crippen LogP contribution in [-0.4, -0.2) is 37.0 Å². The van der Waals surface area contributed by atoms with E-state index in [1.54, 1.807) is 0 Å². The molecule has 2 aromatic rings. The number of hydrogen-bond donors (Lipinski definition) is 2. The van der Waals surface area contributed by atoms with E-state index in [9.17, 15) is 4.79 Å². The summed E-state index contributed by atoms with van der Waals surface area (Å²) in [5, 5.41) is 2.95. The van der Waals surface area contributed by atoms with Gasteiger partial charge in [-0.05, 0) is 54.8 Å². The molecule has 1 aliphatic rings. The number of nitrogens with two attached hydrogens (primary N) is 1. The Morgan fingerprint density at radius 3 is 2.58 bits per heavy atom. The average Bonchev–Trinajstić information content (AvgIpc) is 3.03. The standard InChI is InChI=1S/C21H27N3O2/c1-21(15-22)11-12-24(16-21)13-20(25)23-18-7-9-19(10-8-18)26-14-17-5-3-2-4-6-17/h2-10H,11-16,22H2,1H3,(H,23,25). The van der Waals surface area contributed by atoms with E-state index in [1.807, 2.05) is 54.6 Å². The lowest BCUT2D eigenvalue weighted by Gasteiger charge is -2.22. The lowest BCUT2D eigenvalue weighted by Crippen LogP contribution is -2.35. The summed E-state index contributed by atoms with van der Waals surface area (Å²) in [6, 6.07) is 17.5. The predicted octanol–water partition coefficient (Wildman–Crippen LogP) is 2.87. The highest BCUT2D eigenvalue weighted by Gasteiger charge is 2.33. The van der Waals surface area contributed by atoms with Crippen LogP contribution in [0, 0.1) is 5.41 Å². The highest BCUT2D eigenvalue weighted by molar-refractivity contribution is 5.92. The summed E-state index contributed by atoms with van der Waals surface area (Å²) >= 11 is 0. The highest BCUT2D eigenvalue weighted by atomic mass is 16.5. The van der Waals surface area contributed by atoms with Gasteiger partial charge >= 0.3 is 0 Å². The molecule has 5 nitrogen and oxygen atoms in total. The fourth-order valence-corrected chi connectivity index (χ4v) is 3.21. The minimum absolute atomic E-state index is 0.00391. The second kappa shape index (κ2) is 8.34. The number of hydrogen-bond acceptors (Lipinski definition) is 4. The molecule has 1 aliphatic heterocycles. The van der Waals surface area contributed by atoms with Crippen molar-refractivity contribution < 1.29 is 9.53 Å². The summed E-state index contributed by atoms with van der Waals surface area (Å²) in [6.45, 7) is 5.58. The van der Waals surface area contributed by atoms with Crippen molar-refractivity contribution in [3.05, 3.63) is 60.2 Å². The molecule has 0 spiro atoms. The highest BCUT2D eigenvalue weighted by Crippen LogP contribution is 2.28. The maximum atomic E-state index is 12.2. The number of amides is 1. The third kappa shape index (κ3) is 5.07. The molecule has 0 radical (unpaired) electrons. The van der Waals surface area contributed by atoms with Crippen LogP contribution in [0.1, 0.15) is 18.9 Å². The molecule has 1 amide bonds. The van der Waals surface area contributed by atoms with Crippen LogP contribution in [0.15, 0.2) is 54.6 Å². The maximum absolute atomic E-state index is 12.2. The molecule has 0 saturated carbocycles. The van der Waals surface area contributed by atoms with E-state index in [0.717, 1.165) is 36.5 Å². The zero-order valence-corrected chi connectivity index (χ0v) is 15.3. The van der Waals surface area contributed by atoms with Crippen molar-refractivity contribution in [2.24, 2.45) is 11.1 Å². The zero-order chi connectivity index (χ0) is 18.4. The first-order valence-corrected chi connectivity index (χ1v) is 9.05. The molecule has 2 aromatic carbocycles. The largest absolute Gasteiger partial charge is 0.489 e. The Morgan fingerprint density at radius 1 is 1.19 bits per heavy atom. The van der Waals surface area contributed by atoms with Gasteiger partial charge < -0.3 is 15.8 Å². The molecule has 0 aromatic heterocycles. The van der Waals surface area contributed by atoms with Gasteiger partial charge in [-0.3, -0.25) is 9.69 Å². The van der Waals surface area contributed by atoms with Gasteiger partial charge in [0.05, 0.1) is 6.54 Å².